The van der Waals surface area contributed by atoms with Crippen molar-refractivity contribution in [1.29, 1.82) is 0 Å². The molecule has 0 saturated heterocycles. The van der Waals surface area contributed by atoms with Crippen LogP contribution in [0.5, 0.6) is 0 Å². The maximum absolute atomic E-state index is 13.5. The Labute approximate surface area is 153 Å². The molecule has 0 amide bonds. The summed E-state index contributed by atoms with van der Waals surface area (Å²) in [6.45, 7) is 0. The van der Waals surface area contributed by atoms with Gasteiger partial charge in [-0.3, -0.25) is 0 Å². The summed E-state index contributed by atoms with van der Waals surface area (Å²) in [6.07, 6.45) is 0.406. The number of alkyl halides is 3. The van der Waals surface area contributed by atoms with Gasteiger partial charge in [0.25, 0.3) is 0 Å². The third-order valence-corrected chi connectivity index (χ3v) is 5.56. The number of anilines is 1. The van der Waals surface area contributed by atoms with E-state index in [-0.39, 0.29) is 23.6 Å². The zero-order chi connectivity index (χ0) is 17.8. The van der Waals surface area contributed by atoms with Gasteiger partial charge in [-0.05, 0) is 41.7 Å². The normalized spacial score (nSPS) is 24.6. The molecule has 0 fully saturated rings. The monoisotopic (exact) mass is 383 g/mol. The van der Waals surface area contributed by atoms with Crippen LogP contribution in [0.4, 0.5) is 18.9 Å². The summed E-state index contributed by atoms with van der Waals surface area (Å²) in [6, 6.07) is 9.19. The second-order valence-corrected chi connectivity index (χ2v) is 7.25. The number of nitrogens with one attached hydrogen (secondary N) is 1. The fourth-order valence-corrected chi connectivity index (χ4v) is 4.45. The third-order valence-electron chi connectivity index (χ3n) is 5.00. The molecule has 0 saturated carbocycles. The standard InChI is InChI=1S/C19H14Cl2F3N/c20-10-7-8-14(16(21)9-10)17-12-4-1-3-11(12)13-5-2-6-15(18(13)25-17)19(22,23)24/h1-3,5-9,11-12,17,25H,4H2. The Balaban J connectivity index is 1.86. The quantitative estimate of drug-likeness (QED) is 0.531. The van der Waals surface area contributed by atoms with Gasteiger partial charge < -0.3 is 5.32 Å². The van der Waals surface area contributed by atoms with Gasteiger partial charge in [-0.15, -0.1) is 0 Å². The lowest BCUT2D eigenvalue weighted by Gasteiger charge is -2.39. The molecule has 3 unspecified atom stereocenters. The van der Waals surface area contributed by atoms with Gasteiger partial charge in [0.1, 0.15) is 0 Å². The molecule has 1 aliphatic carbocycles. The largest absolute Gasteiger partial charge is 0.418 e. The maximum atomic E-state index is 13.5. The molecule has 1 nitrogen and oxygen atoms in total. The van der Waals surface area contributed by atoms with E-state index in [1.165, 1.54) is 6.07 Å². The smallest absolute Gasteiger partial charge is 0.377 e. The van der Waals surface area contributed by atoms with Crippen LogP contribution in [0.25, 0.3) is 0 Å². The van der Waals surface area contributed by atoms with Crippen LogP contribution in [-0.4, -0.2) is 0 Å². The van der Waals surface area contributed by atoms with Gasteiger partial charge in [0.15, 0.2) is 0 Å². The first-order valence-electron chi connectivity index (χ1n) is 7.94. The van der Waals surface area contributed by atoms with Crippen molar-refractivity contribution in [3.05, 3.63) is 75.3 Å². The molecule has 3 atom stereocenters. The highest BCUT2D eigenvalue weighted by Crippen LogP contribution is 2.53. The van der Waals surface area contributed by atoms with E-state index in [1.807, 2.05) is 12.2 Å². The van der Waals surface area contributed by atoms with Gasteiger partial charge >= 0.3 is 6.18 Å². The van der Waals surface area contributed by atoms with E-state index >= 15 is 0 Å². The predicted molar refractivity (Wildman–Crippen MR) is 94.3 cm³/mol. The highest BCUT2D eigenvalue weighted by molar-refractivity contribution is 6.35. The molecule has 1 aliphatic heterocycles. The lowest BCUT2D eigenvalue weighted by atomic mass is 9.76. The number of allylic oxidation sites excluding steroid dienone is 2. The van der Waals surface area contributed by atoms with Crippen LogP contribution in [0, 0.1) is 5.92 Å². The topological polar surface area (TPSA) is 12.0 Å². The van der Waals surface area contributed by atoms with Crippen molar-refractivity contribution in [2.75, 3.05) is 5.32 Å². The molecule has 25 heavy (non-hydrogen) atoms. The number of fused-ring (bicyclic) bond motifs is 3. The fourth-order valence-electron chi connectivity index (χ4n) is 3.92. The van der Waals surface area contributed by atoms with Crippen molar-refractivity contribution in [2.45, 2.75) is 24.6 Å². The van der Waals surface area contributed by atoms with Crippen molar-refractivity contribution in [1.82, 2.24) is 0 Å². The van der Waals surface area contributed by atoms with E-state index in [2.05, 4.69) is 5.32 Å². The second-order valence-electron chi connectivity index (χ2n) is 6.41. The van der Waals surface area contributed by atoms with E-state index in [0.717, 1.165) is 18.1 Å². The summed E-state index contributed by atoms with van der Waals surface area (Å²) in [7, 11) is 0. The zero-order valence-corrected chi connectivity index (χ0v) is 14.5. The minimum Gasteiger partial charge on any atom is -0.377 e. The molecule has 1 N–H and O–H groups in total. The van der Waals surface area contributed by atoms with E-state index in [1.54, 1.807) is 24.3 Å². The third kappa shape index (κ3) is 2.81. The first-order valence-corrected chi connectivity index (χ1v) is 8.70. The Kier molecular flexibility index (Phi) is 4.00. The predicted octanol–water partition coefficient (Wildman–Crippen LogP) is 6.84. The van der Waals surface area contributed by atoms with Crippen LogP contribution in [0.3, 0.4) is 0 Å². The maximum Gasteiger partial charge on any atom is 0.418 e. The van der Waals surface area contributed by atoms with Crippen molar-refractivity contribution >= 4 is 28.9 Å². The van der Waals surface area contributed by atoms with Gasteiger partial charge in [-0.2, -0.15) is 13.2 Å². The minimum absolute atomic E-state index is 0.0599. The average molecular weight is 384 g/mol. The Morgan fingerprint density at radius 1 is 1.04 bits per heavy atom. The number of rotatable bonds is 1. The summed E-state index contributed by atoms with van der Waals surface area (Å²) in [5, 5.41) is 4.10. The molecular formula is C19H14Cl2F3N. The first kappa shape index (κ1) is 16.8. The summed E-state index contributed by atoms with van der Waals surface area (Å²) in [5.74, 6) is 0.0601. The minimum atomic E-state index is -4.41. The zero-order valence-electron chi connectivity index (χ0n) is 12.9. The van der Waals surface area contributed by atoms with Crippen LogP contribution in [0.2, 0.25) is 10.0 Å². The van der Waals surface area contributed by atoms with Crippen LogP contribution in [-0.2, 0) is 6.18 Å². The number of hydrogen-bond acceptors (Lipinski definition) is 1. The van der Waals surface area contributed by atoms with Crippen molar-refractivity contribution in [3.63, 3.8) is 0 Å². The molecule has 2 aromatic rings. The molecule has 1 heterocycles. The number of halogens is 5. The Bertz CT molecular complexity index is 860. The number of benzene rings is 2. The van der Waals surface area contributed by atoms with E-state index in [9.17, 15) is 13.2 Å². The molecule has 130 valence electrons. The molecule has 0 aromatic heterocycles. The molecule has 0 radical (unpaired) electrons. The molecule has 4 rings (SSSR count). The molecule has 0 bridgehead atoms. The van der Waals surface area contributed by atoms with Gasteiger partial charge in [0, 0.05) is 16.0 Å². The lowest BCUT2D eigenvalue weighted by Crippen LogP contribution is -2.31. The van der Waals surface area contributed by atoms with Gasteiger partial charge in [-0.1, -0.05) is 53.6 Å². The lowest BCUT2D eigenvalue weighted by molar-refractivity contribution is -0.137. The molecular weight excluding hydrogens is 370 g/mol. The molecule has 0 spiro atoms. The first-order chi connectivity index (χ1) is 11.9. The van der Waals surface area contributed by atoms with Crippen LogP contribution >= 0.6 is 23.2 Å². The van der Waals surface area contributed by atoms with Crippen LogP contribution < -0.4 is 5.32 Å². The number of hydrogen-bond donors (Lipinski definition) is 1. The van der Waals surface area contributed by atoms with Gasteiger partial charge in [-0.25, -0.2) is 0 Å². The molecule has 2 aliphatic rings. The van der Waals surface area contributed by atoms with E-state index in [0.29, 0.717) is 15.6 Å². The SMILES string of the molecule is FC(F)(F)c1cccc2c1NC(c1ccc(Cl)cc1Cl)C1CC=CC21. The average Bonchev–Trinajstić information content (AvgIpc) is 3.03. The summed E-state index contributed by atoms with van der Waals surface area (Å²) < 4.78 is 40.4. The summed E-state index contributed by atoms with van der Waals surface area (Å²) in [5.41, 5.74) is 0.972. The highest BCUT2D eigenvalue weighted by atomic mass is 35.5. The molecule has 6 heteroatoms. The van der Waals surface area contributed by atoms with Crippen LogP contribution in [0.15, 0.2) is 48.6 Å². The van der Waals surface area contributed by atoms with Crippen molar-refractivity contribution in [2.24, 2.45) is 5.92 Å². The van der Waals surface area contributed by atoms with Crippen molar-refractivity contribution in [3.8, 4) is 0 Å². The van der Waals surface area contributed by atoms with Gasteiger partial charge in [0.05, 0.1) is 17.3 Å². The Hall–Kier alpha value is -1.65. The van der Waals surface area contributed by atoms with Gasteiger partial charge in [0.2, 0.25) is 0 Å². The van der Waals surface area contributed by atoms with E-state index < -0.39 is 11.7 Å². The number of para-hydroxylation sites is 1. The van der Waals surface area contributed by atoms with E-state index in [4.69, 9.17) is 23.2 Å². The van der Waals surface area contributed by atoms with Crippen LogP contribution in [0.1, 0.15) is 35.1 Å². The fraction of sp³-hybridized carbons (Fsp3) is 0.263. The highest BCUT2D eigenvalue weighted by Gasteiger charge is 2.43. The molecule has 2 aromatic carbocycles. The second kappa shape index (κ2) is 5.96. The Morgan fingerprint density at radius 2 is 1.84 bits per heavy atom. The van der Waals surface area contributed by atoms with Crippen molar-refractivity contribution < 1.29 is 13.2 Å². The summed E-state index contributed by atoms with van der Waals surface area (Å²) in [4.78, 5) is 0. The summed E-state index contributed by atoms with van der Waals surface area (Å²) >= 11 is 12.3. The Morgan fingerprint density at radius 3 is 2.56 bits per heavy atom.